The molecule has 1 heterocycles. The number of aryl methyl sites for hydroxylation is 1. The standard InChI is InChI=1S/C13H15NO4S2/c1-9-7-10(3-5-12(9)18-2)14-20(16,17)13-6-4-11(8-15)19-13/h3-7,14-15H,8H2,1-2H3. The highest BCUT2D eigenvalue weighted by molar-refractivity contribution is 7.94. The van der Waals surface area contributed by atoms with Gasteiger partial charge < -0.3 is 9.84 Å². The summed E-state index contributed by atoms with van der Waals surface area (Å²) in [4.78, 5) is 0.608. The lowest BCUT2D eigenvalue weighted by atomic mass is 10.2. The van der Waals surface area contributed by atoms with Crippen LogP contribution >= 0.6 is 11.3 Å². The summed E-state index contributed by atoms with van der Waals surface area (Å²) < 4.78 is 32.2. The second-order valence-corrected chi connectivity index (χ2v) is 7.25. The quantitative estimate of drug-likeness (QED) is 0.888. The Balaban J connectivity index is 2.26. The molecule has 0 spiro atoms. The molecule has 108 valence electrons. The summed E-state index contributed by atoms with van der Waals surface area (Å²) in [5.41, 5.74) is 1.32. The minimum atomic E-state index is -3.62. The number of thiophene rings is 1. The SMILES string of the molecule is COc1ccc(NS(=O)(=O)c2ccc(CO)s2)cc1C. The molecular weight excluding hydrogens is 298 g/mol. The fourth-order valence-electron chi connectivity index (χ4n) is 1.74. The van der Waals surface area contributed by atoms with Crippen LogP contribution in [0.15, 0.2) is 34.5 Å². The Kier molecular flexibility index (Phi) is 4.32. The zero-order valence-corrected chi connectivity index (χ0v) is 12.7. The van der Waals surface area contributed by atoms with E-state index >= 15 is 0 Å². The van der Waals surface area contributed by atoms with E-state index in [-0.39, 0.29) is 10.8 Å². The van der Waals surface area contributed by atoms with Crippen LogP contribution in [0.3, 0.4) is 0 Å². The highest BCUT2D eigenvalue weighted by atomic mass is 32.2. The van der Waals surface area contributed by atoms with Gasteiger partial charge >= 0.3 is 0 Å². The van der Waals surface area contributed by atoms with Crippen molar-refractivity contribution in [3.63, 3.8) is 0 Å². The fourth-order valence-corrected chi connectivity index (χ4v) is 4.00. The Hall–Kier alpha value is -1.57. The van der Waals surface area contributed by atoms with E-state index < -0.39 is 10.0 Å². The molecule has 0 radical (unpaired) electrons. The first-order valence-electron chi connectivity index (χ1n) is 5.83. The van der Waals surface area contributed by atoms with E-state index in [9.17, 15) is 8.42 Å². The Labute approximate surface area is 121 Å². The number of hydrogen-bond acceptors (Lipinski definition) is 5. The number of benzene rings is 1. The van der Waals surface area contributed by atoms with Gasteiger partial charge in [0, 0.05) is 10.6 Å². The number of rotatable bonds is 5. The zero-order chi connectivity index (χ0) is 14.8. The van der Waals surface area contributed by atoms with Gasteiger partial charge in [-0.1, -0.05) is 0 Å². The van der Waals surface area contributed by atoms with Gasteiger partial charge in [-0.25, -0.2) is 8.42 Å². The first-order chi connectivity index (χ1) is 9.46. The molecule has 1 aromatic carbocycles. The molecule has 0 atom stereocenters. The van der Waals surface area contributed by atoms with Crippen molar-refractivity contribution < 1.29 is 18.3 Å². The van der Waals surface area contributed by atoms with Crippen LogP contribution in [-0.2, 0) is 16.6 Å². The molecule has 0 aliphatic rings. The Bertz CT molecular complexity index is 707. The third kappa shape index (κ3) is 3.12. The van der Waals surface area contributed by atoms with E-state index in [2.05, 4.69) is 4.72 Å². The van der Waals surface area contributed by atoms with Gasteiger partial charge in [0.2, 0.25) is 0 Å². The predicted octanol–water partition coefficient (Wildman–Crippen LogP) is 2.36. The molecule has 1 aromatic heterocycles. The number of aliphatic hydroxyl groups is 1. The van der Waals surface area contributed by atoms with Crippen molar-refractivity contribution in [2.24, 2.45) is 0 Å². The molecule has 7 heteroatoms. The van der Waals surface area contributed by atoms with Crippen molar-refractivity contribution in [1.82, 2.24) is 0 Å². The molecular formula is C13H15NO4S2. The molecule has 0 bridgehead atoms. The van der Waals surface area contributed by atoms with Crippen LogP contribution in [0.25, 0.3) is 0 Å². The summed E-state index contributed by atoms with van der Waals surface area (Å²) >= 11 is 1.05. The van der Waals surface area contributed by atoms with Crippen molar-refractivity contribution in [2.75, 3.05) is 11.8 Å². The lowest BCUT2D eigenvalue weighted by Gasteiger charge is -2.09. The van der Waals surface area contributed by atoms with Gasteiger partial charge in [-0.15, -0.1) is 11.3 Å². The second-order valence-electron chi connectivity index (χ2n) is 4.17. The summed E-state index contributed by atoms with van der Waals surface area (Å²) in [6, 6.07) is 8.13. The minimum absolute atomic E-state index is 0.165. The molecule has 2 N–H and O–H groups in total. The van der Waals surface area contributed by atoms with E-state index in [1.165, 1.54) is 6.07 Å². The fraction of sp³-hybridized carbons (Fsp3) is 0.231. The zero-order valence-electron chi connectivity index (χ0n) is 11.1. The maximum atomic E-state index is 12.2. The third-order valence-electron chi connectivity index (χ3n) is 2.70. The van der Waals surface area contributed by atoms with Gasteiger partial charge in [0.1, 0.15) is 9.96 Å². The van der Waals surface area contributed by atoms with Gasteiger partial charge in [-0.2, -0.15) is 0 Å². The van der Waals surface area contributed by atoms with Crippen LogP contribution in [0.4, 0.5) is 5.69 Å². The topological polar surface area (TPSA) is 75.6 Å². The molecule has 5 nitrogen and oxygen atoms in total. The Morgan fingerprint density at radius 3 is 2.60 bits per heavy atom. The molecule has 0 saturated heterocycles. The van der Waals surface area contributed by atoms with E-state index in [1.807, 2.05) is 6.92 Å². The monoisotopic (exact) mass is 313 g/mol. The van der Waals surface area contributed by atoms with Crippen LogP contribution in [0, 0.1) is 6.92 Å². The van der Waals surface area contributed by atoms with Crippen molar-refractivity contribution in [1.29, 1.82) is 0 Å². The van der Waals surface area contributed by atoms with Crippen LogP contribution in [0.5, 0.6) is 5.75 Å². The molecule has 0 saturated carbocycles. The Morgan fingerprint density at radius 2 is 2.05 bits per heavy atom. The number of ether oxygens (including phenoxy) is 1. The highest BCUT2D eigenvalue weighted by Crippen LogP contribution is 2.26. The second kappa shape index (κ2) is 5.82. The molecule has 0 aliphatic carbocycles. The van der Waals surface area contributed by atoms with Crippen LogP contribution in [0.1, 0.15) is 10.4 Å². The first kappa shape index (κ1) is 14.8. The average Bonchev–Trinajstić information content (AvgIpc) is 2.88. The number of aliphatic hydroxyl groups excluding tert-OH is 1. The molecule has 0 aliphatic heterocycles. The van der Waals surface area contributed by atoms with Crippen LogP contribution in [0.2, 0.25) is 0 Å². The number of methoxy groups -OCH3 is 1. The van der Waals surface area contributed by atoms with Crippen molar-refractivity contribution in [3.05, 3.63) is 40.8 Å². The van der Waals surface area contributed by atoms with E-state index in [0.717, 1.165) is 16.9 Å². The molecule has 20 heavy (non-hydrogen) atoms. The van der Waals surface area contributed by atoms with Crippen LogP contribution < -0.4 is 9.46 Å². The van der Waals surface area contributed by atoms with Crippen molar-refractivity contribution in [3.8, 4) is 5.75 Å². The number of nitrogens with one attached hydrogen (secondary N) is 1. The maximum absolute atomic E-state index is 12.2. The molecule has 0 amide bonds. The van der Waals surface area contributed by atoms with E-state index in [0.29, 0.717) is 16.3 Å². The van der Waals surface area contributed by atoms with Crippen LogP contribution in [-0.4, -0.2) is 20.6 Å². The average molecular weight is 313 g/mol. The lowest BCUT2D eigenvalue weighted by molar-refractivity contribution is 0.285. The smallest absolute Gasteiger partial charge is 0.271 e. The van der Waals surface area contributed by atoms with Crippen molar-refractivity contribution in [2.45, 2.75) is 17.7 Å². The third-order valence-corrected chi connectivity index (χ3v) is 5.65. The first-order valence-corrected chi connectivity index (χ1v) is 8.13. The van der Waals surface area contributed by atoms with Gasteiger partial charge in [0.05, 0.1) is 13.7 Å². The number of hydrogen-bond donors (Lipinski definition) is 2. The number of sulfonamides is 1. The highest BCUT2D eigenvalue weighted by Gasteiger charge is 2.17. The Morgan fingerprint density at radius 1 is 1.30 bits per heavy atom. The normalized spacial score (nSPS) is 11.3. The molecule has 2 aromatic rings. The van der Waals surface area contributed by atoms with Gasteiger partial charge in [0.25, 0.3) is 10.0 Å². The summed E-state index contributed by atoms with van der Waals surface area (Å²) in [6.45, 7) is 1.67. The number of anilines is 1. The predicted molar refractivity (Wildman–Crippen MR) is 78.8 cm³/mol. The largest absolute Gasteiger partial charge is 0.496 e. The van der Waals surface area contributed by atoms with E-state index in [4.69, 9.17) is 9.84 Å². The lowest BCUT2D eigenvalue weighted by Crippen LogP contribution is -2.11. The summed E-state index contributed by atoms with van der Waals surface area (Å²) in [5.74, 6) is 0.701. The minimum Gasteiger partial charge on any atom is -0.496 e. The summed E-state index contributed by atoms with van der Waals surface area (Å²) in [6.07, 6.45) is 0. The molecule has 0 fully saturated rings. The van der Waals surface area contributed by atoms with Crippen molar-refractivity contribution >= 4 is 27.0 Å². The summed E-state index contributed by atoms with van der Waals surface area (Å²) in [5, 5.41) is 8.98. The maximum Gasteiger partial charge on any atom is 0.271 e. The van der Waals surface area contributed by atoms with Gasteiger partial charge in [0.15, 0.2) is 0 Å². The molecule has 2 rings (SSSR count). The molecule has 0 unspecified atom stereocenters. The van der Waals surface area contributed by atoms with E-state index in [1.54, 1.807) is 31.4 Å². The van der Waals surface area contributed by atoms with Gasteiger partial charge in [-0.05, 0) is 42.8 Å². The van der Waals surface area contributed by atoms with Gasteiger partial charge in [-0.3, -0.25) is 4.72 Å². The summed E-state index contributed by atoms with van der Waals surface area (Å²) in [7, 11) is -2.06.